The largest absolute Gasteiger partial charge is 1.00 e. The zero-order chi connectivity index (χ0) is 27.6. The number of hydrogen-bond donors (Lipinski definition) is 0. The van der Waals surface area contributed by atoms with E-state index in [2.05, 4.69) is 125 Å². The molecule has 214 valence electrons. The molecule has 0 spiro atoms. The average Bonchev–Trinajstić information content (AvgIpc) is 3.72. The fourth-order valence-corrected chi connectivity index (χ4v) is 12.3. The molecule has 2 atom stereocenters. The minimum atomic E-state index is -0.881. The molecule has 4 heteroatoms. The minimum absolute atomic E-state index is 0. The van der Waals surface area contributed by atoms with E-state index in [4.69, 9.17) is 0 Å². The van der Waals surface area contributed by atoms with E-state index in [0.29, 0.717) is 21.4 Å². The molecule has 0 N–H and O–H groups in total. The normalized spacial score (nSPS) is 19.5. The first-order valence-electron chi connectivity index (χ1n) is 15.1. The smallest absolute Gasteiger partial charge is 1.00 e. The molecule has 42 heavy (non-hydrogen) atoms. The second-order valence-corrected chi connectivity index (χ2v) is 17.2. The number of benzene rings is 4. The standard InChI is InChI=1S/2C17H15.C4H10Si.2ClH.Zr/c2*1-12-9-13(2)17(10-12)16-8-7-14-5-3-4-6-15(14)11-16;1-2-4-5-3-1;;;/h2*3-8,10-12H,1-2H3;1-5H2;2*1H;/q;;;;;+2/p-2. The number of allylic oxidation sites excluding steroid dienone is 8. The Labute approximate surface area is 278 Å². The molecular formula is C38H40Cl2SiZr. The van der Waals surface area contributed by atoms with Crippen LogP contribution in [0.2, 0.25) is 12.1 Å². The number of halogens is 2. The molecule has 2 unspecified atom stereocenters. The van der Waals surface area contributed by atoms with Crippen molar-refractivity contribution in [2.75, 3.05) is 0 Å². The van der Waals surface area contributed by atoms with Gasteiger partial charge in [0.2, 0.25) is 0 Å². The summed E-state index contributed by atoms with van der Waals surface area (Å²) in [6.45, 7) is 9.55. The first kappa shape index (κ1) is 32.9. The third kappa shape index (κ3) is 6.89. The third-order valence-corrected chi connectivity index (χ3v) is 16.4. The van der Waals surface area contributed by atoms with Crippen molar-refractivity contribution >= 4 is 42.2 Å². The second-order valence-electron chi connectivity index (χ2n) is 11.8. The molecule has 1 aliphatic heterocycles. The van der Waals surface area contributed by atoms with Gasteiger partial charge in [0.1, 0.15) is 0 Å². The van der Waals surface area contributed by atoms with Gasteiger partial charge in [-0.1, -0.05) is 24.9 Å². The first-order valence-corrected chi connectivity index (χ1v) is 19.6. The van der Waals surface area contributed by atoms with E-state index in [0.717, 1.165) is 0 Å². The Bertz CT molecular complexity index is 1580. The monoisotopic (exact) mass is 684 g/mol. The number of fused-ring (bicyclic) bond motifs is 2. The van der Waals surface area contributed by atoms with Crippen LogP contribution in [-0.4, -0.2) is 9.52 Å². The van der Waals surface area contributed by atoms with Crippen LogP contribution in [0.4, 0.5) is 0 Å². The van der Waals surface area contributed by atoms with Crippen LogP contribution in [0, 0.1) is 11.8 Å². The van der Waals surface area contributed by atoms with Crippen molar-refractivity contribution in [3.8, 4) is 0 Å². The van der Waals surface area contributed by atoms with Crippen LogP contribution >= 0.6 is 0 Å². The van der Waals surface area contributed by atoms with Crippen molar-refractivity contribution in [2.24, 2.45) is 11.8 Å². The van der Waals surface area contributed by atoms with Gasteiger partial charge in [0.25, 0.3) is 0 Å². The summed E-state index contributed by atoms with van der Waals surface area (Å²) >= 11 is -0.881. The van der Waals surface area contributed by atoms with Gasteiger partial charge in [0.15, 0.2) is 0 Å². The summed E-state index contributed by atoms with van der Waals surface area (Å²) in [7, 11) is 0.543. The summed E-state index contributed by atoms with van der Waals surface area (Å²) in [6.07, 6.45) is 8.16. The van der Waals surface area contributed by atoms with E-state index in [1.807, 2.05) is 0 Å². The summed E-state index contributed by atoms with van der Waals surface area (Å²) in [5.41, 5.74) is 8.69. The summed E-state index contributed by atoms with van der Waals surface area (Å²) in [5.74, 6) is 1.08. The topological polar surface area (TPSA) is 0 Å². The molecule has 2 aliphatic carbocycles. The fraction of sp³-hybridized carbons (Fsp3) is 0.263. The first-order chi connectivity index (χ1) is 19.5. The van der Waals surface area contributed by atoms with Gasteiger partial charge in [-0.15, -0.1) is 0 Å². The maximum absolute atomic E-state index is 2.52. The van der Waals surface area contributed by atoms with E-state index < -0.39 is 23.2 Å². The van der Waals surface area contributed by atoms with E-state index in [9.17, 15) is 0 Å². The van der Waals surface area contributed by atoms with Crippen LogP contribution in [0.3, 0.4) is 0 Å². The quantitative estimate of drug-likeness (QED) is 0.283. The molecule has 1 fully saturated rings. The summed E-state index contributed by atoms with van der Waals surface area (Å²) < 4.78 is 3.48. The number of hydrogen-bond acceptors (Lipinski definition) is 0. The van der Waals surface area contributed by atoms with E-state index >= 15 is 0 Å². The van der Waals surface area contributed by atoms with E-state index in [-0.39, 0.29) is 24.8 Å². The Morgan fingerprint density at radius 3 is 1.36 bits per heavy atom. The van der Waals surface area contributed by atoms with Gasteiger partial charge in [-0.05, 0) is 0 Å². The van der Waals surface area contributed by atoms with Crippen LogP contribution < -0.4 is 24.8 Å². The summed E-state index contributed by atoms with van der Waals surface area (Å²) in [5, 5.41) is 5.28. The Balaban J connectivity index is 0.000000526. The zero-order valence-electron chi connectivity index (χ0n) is 25.2. The molecule has 0 amide bonds. The molecule has 0 aromatic heterocycles. The van der Waals surface area contributed by atoms with Crippen LogP contribution in [0.1, 0.15) is 51.7 Å². The van der Waals surface area contributed by atoms with E-state index in [1.54, 1.807) is 31.5 Å². The van der Waals surface area contributed by atoms with Crippen molar-refractivity contribution in [1.82, 2.24) is 0 Å². The second kappa shape index (κ2) is 14.7. The Morgan fingerprint density at radius 2 is 0.976 bits per heavy atom. The molecule has 0 saturated carbocycles. The van der Waals surface area contributed by atoms with Crippen LogP contribution in [0.5, 0.6) is 0 Å². The molecular weight excluding hydrogens is 647 g/mol. The van der Waals surface area contributed by atoms with Crippen molar-refractivity contribution < 1.29 is 48.0 Å². The molecule has 4 aromatic carbocycles. The molecule has 0 nitrogen and oxygen atoms in total. The van der Waals surface area contributed by atoms with Crippen molar-refractivity contribution in [3.05, 3.63) is 126 Å². The van der Waals surface area contributed by atoms with E-state index in [1.165, 1.54) is 55.0 Å². The van der Waals surface area contributed by atoms with Crippen molar-refractivity contribution in [3.63, 3.8) is 0 Å². The van der Waals surface area contributed by atoms with Gasteiger partial charge >= 0.3 is 221 Å². The van der Waals surface area contributed by atoms with Crippen molar-refractivity contribution in [2.45, 2.75) is 52.6 Å². The fourth-order valence-electron chi connectivity index (χ4n) is 6.67. The molecule has 1 heterocycles. The molecule has 4 aromatic rings. The minimum Gasteiger partial charge on any atom is -1.00 e. The zero-order valence-corrected chi connectivity index (χ0v) is 30.6. The molecule has 7 rings (SSSR count). The van der Waals surface area contributed by atoms with Crippen molar-refractivity contribution in [1.29, 1.82) is 0 Å². The number of rotatable bonds is 4. The van der Waals surface area contributed by atoms with Crippen LogP contribution in [-0.2, 0) is 23.2 Å². The average molecular weight is 687 g/mol. The molecule has 1 saturated heterocycles. The maximum Gasteiger partial charge on any atom is -1.00 e. The molecule has 0 radical (unpaired) electrons. The van der Waals surface area contributed by atoms with Gasteiger partial charge in [-0.2, -0.15) is 0 Å². The maximum atomic E-state index is 2.52. The molecule has 3 aliphatic rings. The SMILES string of the molecule is C1CC[SiH2]C1.CC1=[C]([Zr+2][C]2=C(C)C(c3ccc4ccccc4c3)=CC2C)C(C)C=C1c1ccc2ccccc2c1.[Cl-].[Cl-]. The Hall–Kier alpha value is -1.96. The van der Waals surface area contributed by atoms with Gasteiger partial charge in [0.05, 0.1) is 0 Å². The Kier molecular flexibility index (Phi) is 11.5. The van der Waals surface area contributed by atoms with Crippen LogP contribution in [0.15, 0.2) is 115 Å². The predicted octanol–water partition coefficient (Wildman–Crippen LogP) is 4.18. The van der Waals surface area contributed by atoms with Gasteiger partial charge in [-0.3, -0.25) is 0 Å². The van der Waals surface area contributed by atoms with Gasteiger partial charge < -0.3 is 24.8 Å². The predicted molar refractivity (Wildman–Crippen MR) is 175 cm³/mol. The van der Waals surface area contributed by atoms with Crippen LogP contribution in [0.25, 0.3) is 32.7 Å². The molecule has 0 bridgehead atoms. The summed E-state index contributed by atoms with van der Waals surface area (Å²) in [6, 6.07) is 34.5. The third-order valence-electron chi connectivity index (χ3n) is 9.00. The Morgan fingerprint density at radius 1 is 0.571 bits per heavy atom. The van der Waals surface area contributed by atoms with Gasteiger partial charge in [-0.25, -0.2) is 0 Å². The van der Waals surface area contributed by atoms with Gasteiger partial charge in [0, 0.05) is 9.52 Å². The summed E-state index contributed by atoms with van der Waals surface area (Å²) in [4.78, 5) is 0.